The molecule has 0 amide bonds. The van der Waals surface area contributed by atoms with E-state index in [1.165, 1.54) is 0 Å². The Kier molecular flexibility index (Phi) is 20.3. The number of esters is 9. The Bertz CT molecular complexity index is 6070. The van der Waals surface area contributed by atoms with E-state index >= 15 is 24.0 Å². The molecule has 8 bridgehead atoms. The maximum absolute atomic E-state index is 15.7. The number of cyclic esters (lactones) is 1. The van der Waals surface area contributed by atoms with Crippen LogP contribution in [0.15, 0.2) is 72.8 Å². The fraction of sp³-hybridized carbons (Fsp3) is 0.160. The second-order valence-corrected chi connectivity index (χ2v) is 26.7. The summed E-state index contributed by atoms with van der Waals surface area (Å²) >= 11 is 0. The van der Waals surface area contributed by atoms with E-state index in [4.69, 9.17) is 61.6 Å². The number of rotatable bonds is 6. The molecule has 0 aliphatic carbocycles. The first-order valence-electron chi connectivity index (χ1n) is 34.2. The number of phenolic OH excluding ortho intramolecular Hbond substituents is 25. The number of phenols is 25. The monoisotopic (exact) mass is 1720 g/mol. The van der Waals surface area contributed by atoms with E-state index in [1.54, 1.807) is 0 Å². The molecule has 5 aliphatic rings. The molecule has 0 spiro atoms. The highest BCUT2D eigenvalue weighted by Gasteiger charge is 2.58. The van der Waals surface area contributed by atoms with Crippen LogP contribution in [0.25, 0.3) is 22.3 Å². The van der Waals surface area contributed by atoms with Crippen molar-refractivity contribution in [3.63, 3.8) is 0 Å². The fourth-order valence-electron chi connectivity index (χ4n) is 13.2. The van der Waals surface area contributed by atoms with Gasteiger partial charge in [0, 0.05) is 46.5 Å². The van der Waals surface area contributed by atoms with Crippen LogP contribution >= 0.6 is 0 Å². The number of aliphatic hydroxyl groups excluding tert-OH is 1. The molecule has 9 aromatic rings. The topological polar surface area (TPSA) is 800 Å². The average molecular weight is 1720 g/mol. The lowest BCUT2D eigenvalue weighted by molar-refractivity contribution is -0.284. The minimum Gasteiger partial charge on any atom is -0.504 e. The Balaban J connectivity index is 1.04. The number of aliphatic hydroxyl groups is 1. The van der Waals surface area contributed by atoms with Gasteiger partial charge in [-0.05, 0) is 48.5 Å². The van der Waals surface area contributed by atoms with Crippen LogP contribution in [-0.2, 0) is 52.1 Å². The molecule has 0 aromatic heterocycles. The summed E-state index contributed by atoms with van der Waals surface area (Å²) in [5.41, 5.74) is -17.8. The van der Waals surface area contributed by atoms with Crippen molar-refractivity contribution in [3.8, 4) is 189 Å². The second kappa shape index (κ2) is 30.3. The maximum atomic E-state index is 15.7. The van der Waals surface area contributed by atoms with E-state index in [2.05, 4.69) is 0 Å². The SMILES string of the molecule is O=C(O[C@@H]1[C@@H](OC(=O)c2cc(O)c(O)c(O)c2)[C@@H]2OC(=O)c3cc(O)c(O)c(O)c3Oc3cc4c(c(O)c3O)-c3c(cc(O)c(O)c3O)C(=O)OC[C@H]3OC(O)[C@H](OC(=O)c5cc(O)c(O)c(O)c5Oc5cc6c(c(O)c5O)-c5c(cc(O)c(O)c5O)C(=O)O[C@@H]1[C@@H](COC6=O)O2)[C@@H](OC(=O)c1cc(O)c(O)c(O)c1)[C@@H]3OC4=O)c1cc(O)c(O)c(O)c1. The van der Waals surface area contributed by atoms with Gasteiger partial charge < -0.3 is 194 Å². The number of benzene rings is 9. The molecule has 1 unspecified atom stereocenters. The number of carbonyl (C=O) groups excluding carboxylic acids is 9. The summed E-state index contributed by atoms with van der Waals surface area (Å²) in [4.78, 5) is 135. The van der Waals surface area contributed by atoms with Gasteiger partial charge in [0.15, 0.2) is 158 Å². The van der Waals surface area contributed by atoms with Gasteiger partial charge in [-0.1, -0.05) is 0 Å². The van der Waals surface area contributed by atoms with Crippen molar-refractivity contribution in [1.29, 1.82) is 0 Å². The zero-order valence-electron chi connectivity index (χ0n) is 60.2. The molecule has 2 fully saturated rings. The van der Waals surface area contributed by atoms with Crippen molar-refractivity contribution in [3.05, 3.63) is 123 Å². The molecule has 48 heteroatoms. The van der Waals surface area contributed by atoms with Crippen molar-refractivity contribution >= 4 is 53.7 Å². The highest BCUT2D eigenvalue weighted by molar-refractivity contribution is 6.11. The zero-order valence-corrected chi connectivity index (χ0v) is 60.2. The van der Waals surface area contributed by atoms with Crippen LogP contribution in [0, 0.1) is 0 Å². The van der Waals surface area contributed by atoms with Crippen LogP contribution in [0.2, 0.25) is 0 Å². The molecule has 0 saturated carbocycles. The summed E-state index contributed by atoms with van der Waals surface area (Å²) in [6.45, 7) is -3.21. The van der Waals surface area contributed by atoms with Gasteiger partial charge in [-0.15, -0.1) is 0 Å². The van der Waals surface area contributed by atoms with Crippen LogP contribution < -0.4 is 9.47 Å². The largest absolute Gasteiger partial charge is 0.504 e. The lowest BCUT2D eigenvalue weighted by Crippen LogP contribution is -2.63. The van der Waals surface area contributed by atoms with E-state index in [0.29, 0.717) is 42.5 Å². The maximum Gasteiger partial charge on any atom is 0.344 e. The summed E-state index contributed by atoms with van der Waals surface area (Å²) in [6.07, 6.45) is -28.9. The van der Waals surface area contributed by atoms with Gasteiger partial charge in [0.1, 0.15) is 36.5 Å². The number of hydrogen-bond donors (Lipinski definition) is 26. The van der Waals surface area contributed by atoms with Crippen molar-refractivity contribution < 1.29 is 237 Å². The van der Waals surface area contributed by atoms with Crippen molar-refractivity contribution in [2.45, 2.75) is 61.4 Å². The van der Waals surface area contributed by atoms with Crippen molar-refractivity contribution in [2.75, 3.05) is 13.2 Å². The van der Waals surface area contributed by atoms with E-state index < -0.39 is 367 Å². The van der Waals surface area contributed by atoms with Gasteiger partial charge in [0.25, 0.3) is 0 Å². The first-order valence-corrected chi connectivity index (χ1v) is 34.2. The standard InChI is InChI=1S/C75H52O48/c76-24-1-15(2-25(77)42(24)86)65(101)119-61-59-36-13-111-68(104)18-7-30(82)45(89)51(95)38(18)41-21(71(107)117-59)12-35(50(94)54(41)98)114-58-23(10-33(85)48(92)56(58)100)73(109)123-75-64(122-67(103)17-5-28(80)44(88)29(81)6-17)62(120-66(102)16-3-26(78)43(87)27(79)4-16)60-37(116-75)14-112-69(105)20-11-34(49(93)53(97)40(20)39-19(70(106)118-60)8-31(83)46(90)52(39)96)113-57-22(9-32(84)47(91)55(57)99)72(108)121-63(61)74(110)115-36/h1-12,36-37,59-64,74-100,110H,13-14H2/t36-,37-,59-,60-,61+,62+,63-,64-,74?,75+/m1/s1. The summed E-state index contributed by atoms with van der Waals surface area (Å²) in [5, 5.41) is 291. The molecule has 9 aromatic carbocycles. The van der Waals surface area contributed by atoms with Gasteiger partial charge in [-0.3, -0.25) is 0 Å². The van der Waals surface area contributed by atoms with E-state index in [0.717, 1.165) is 0 Å². The van der Waals surface area contributed by atoms with Crippen molar-refractivity contribution in [2.24, 2.45) is 0 Å². The van der Waals surface area contributed by atoms with Crippen LogP contribution in [0.3, 0.4) is 0 Å². The molecule has 10 atom stereocenters. The highest BCUT2D eigenvalue weighted by Crippen LogP contribution is 2.59. The number of ether oxygens (including phenoxy) is 13. The molecule has 26 N–H and O–H groups in total. The lowest BCUT2D eigenvalue weighted by atomic mass is 9.91. The first-order chi connectivity index (χ1) is 58.0. The Labute approximate surface area is 675 Å². The van der Waals surface area contributed by atoms with E-state index in [9.17, 15) is 152 Å². The average Bonchev–Trinajstić information content (AvgIpc) is 1.63. The molecular weight excluding hydrogens is 1670 g/mol. The molecule has 48 nitrogen and oxygen atoms in total. The number of aromatic hydroxyl groups is 25. The number of hydrogen-bond acceptors (Lipinski definition) is 48. The zero-order chi connectivity index (χ0) is 89.3. The third-order valence-electron chi connectivity index (χ3n) is 19.2. The lowest BCUT2D eigenvalue weighted by Gasteiger charge is -2.43. The van der Waals surface area contributed by atoms with Crippen molar-refractivity contribution in [1.82, 2.24) is 0 Å². The second-order valence-electron chi connectivity index (χ2n) is 26.7. The molecule has 640 valence electrons. The predicted octanol–water partition coefficient (Wildman–Crippen LogP) is 3.15. The number of carbonyl (C=O) groups is 9. The normalized spacial score (nSPS) is 20.5. The molecule has 14 rings (SSSR count). The molecule has 5 heterocycles. The molecule has 2 saturated heterocycles. The minimum absolute atomic E-state index is 0.0958. The molecular formula is C75H52O48. The van der Waals surface area contributed by atoms with E-state index in [-0.39, 0.29) is 30.3 Å². The predicted molar refractivity (Wildman–Crippen MR) is 378 cm³/mol. The Morgan fingerprint density at radius 3 is 0.943 bits per heavy atom. The minimum atomic E-state index is -3.15. The fourth-order valence-corrected chi connectivity index (χ4v) is 13.2. The quantitative estimate of drug-likeness (QED) is 0.0646. The third kappa shape index (κ3) is 14.0. The summed E-state index contributed by atoms with van der Waals surface area (Å²) < 4.78 is 74.3. The van der Waals surface area contributed by atoms with Crippen LogP contribution in [-0.4, -0.2) is 261 Å². The Hall–Kier alpha value is -17.3. The Morgan fingerprint density at radius 1 is 0.276 bits per heavy atom. The van der Waals surface area contributed by atoms with Crippen LogP contribution in [0.4, 0.5) is 0 Å². The Morgan fingerprint density at radius 2 is 0.553 bits per heavy atom. The smallest absolute Gasteiger partial charge is 0.344 e. The molecule has 5 aliphatic heterocycles. The summed E-state index contributed by atoms with van der Waals surface area (Å²) in [5.74, 6) is -64.5. The first kappa shape index (κ1) is 82.2. The molecule has 0 radical (unpaired) electrons. The summed E-state index contributed by atoms with van der Waals surface area (Å²) in [6, 6.07) is 3.30. The van der Waals surface area contributed by atoms with Crippen LogP contribution in [0.1, 0.15) is 93.2 Å². The highest BCUT2D eigenvalue weighted by atomic mass is 16.8. The summed E-state index contributed by atoms with van der Waals surface area (Å²) in [7, 11) is 0. The number of fused-ring (bicyclic) bond motifs is 13. The van der Waals surface area contributed by atoms with E-state index in [1.807, 2.05) is 0 Å². The van der Waals surface area contributed by atoms with Gasteiger partial charge in [0.2, 0.25) is 58.4 Å². The molecule has 123 heavy (non-hydrogen) atoms. The van der Waals surface area contributed by atoms with Gasteiger partial charge >= 0.3 is 53.7 Å². The van der Waals surface area contributed by atoms with Gasteiger partial charge in [0.05, 0.1) is 38.9 Å². The van der Waals surface area contributed by atoms with Gasteiger partial charge in [-0.25, -0.2) is 43.2 Å². The van der Waals surface area contributed by atoms with Gasteiger partial charge in [-0.2, -0.15) is 0 Å². The third-order valence-corrected chi connectivity index (χ3v) is 19.2. The van der Waals surface area contributed by atoms with Crippen LogP contribution in [0.5, 0.6) is 167 Å².